The van der Waals surface area contributed by atoms with Crippen molar-refractivity contribution in [1.29, 1.82) is 0 Å². The maximum Gasteiger partial charge on any atom is 0.221 e. The monoisotopic (exact) mass is 223 g/mol. The number of carbonyl (C=O) groups excluding carboxylic acids is 1. The predicted octanol–water partition coefficient (Wildman–Crippen LogP) is -0.441. The van der Waals surface area contributed by atoms with Crippen molar-refractivity contribution in [1.82, 2.24) is 20.1 Å². The molecular weight excluding hydrogens is 206 g/mol. The molecule has 0 aliphatic heterocycles. The Kier molecular flexibility index (Phi) is 3.19. The average Bonchev–Trinajstić information content (AvgIpc) is 3.00. The fourth-order valence-corrected chi connectivity index (χ4v) is 1.62. The van der Waals surface area contributed by atoms with Gasteiger partial charge in [-0.3, -0.25) is 4.79 Å². The Labute approximate surface area is 94.2 Å². The van der Waals surface area contributed by atoms with E-state index in [0.717, 1.165) is 18.7 Å². The second-order valence-electron chi connectivity index (χ2n) is 4.34. The van der Waals surface area contributed by atoms with Crippen molar-refractivity contribution in [3.63, 3.8) is 0 Å². The zero-order chi connectivity index (χ0) is 11.5. The first-order valence-electron chi connectivity index (χ1n) is 5.52. The Morgan fingerprint density at radius 3 is 3.06 bits per heavy atom. The van der Waals surface area contributed by atoms with E-state index in [1.165, 1.54) is 0 Å². The van der Waals surface area contributed by atoms with E-state index in [1.54, 1.807) is 10.9 Å². The fourth-order valence-electron chi connectivity index (χ4n) is 1.62. The third-order valence-electron chi connectivity index (χ3n) is 2.90. The van der Waals surface area contributed by atoms with E-state index in [-0.39, 0.29) is 11.9 Å². The lowest BCUT2D eigenvalue weighted by atomic mass is 10.1. The van der Waals surface area contributed by atoms with E-state index in [1.807, 2.05) is 7.05 Å². The number of hydrogen-bond donors (Lipinski definition) is 2. The van der Waals surface area contributed by atoms with E-state index >= 15 is 0 Å². The van der Waals surface area contributed by atoms with Gasteiger partial charge in [-0.2, -0.15) is 0 Å². The van der Waals surface area contributed by atoms with Crippen LogP contribution in [0.4, 0.5) is 0 Å². The summed E-state index contributed by atoms with van der Waals surface area (Å²) < 4.78 is 1.78. The van der Waals surface area contributed by atoms with Gasteiger partial charge < -0.3 is 15.6 Å². The van der Waals surface area contributed by atoms with Crippen molar-refractivity contribution in [2.24, 2.45) is 18.7 Å². The highest BCUT2D eigenvalue weighted by Gasteiger charge is 2.29. The first-order chi connectivity index (χ1) is 7.66. The topological polar surface area (TPSA) is 85.8 Å². The van der Waals surface area contributed by atoms with Gasteiger partial charge in [0.2, 0.25) is 5.91 Å². The summed E-state index contributed by atoms with van der Waals surface area (Å²) in [6.45, 7) is 0.409. The van der Waals surface area contributed by atoms with E-state index in [9.17, 15) is 4.79 Å². The van der Waals surface area contributed by atoms with Crippen molar-refractivity contribution in [2.75, 3.05) is 0 Å². The SMILES string of the molecule is Cn1cnnc1CNC(=O)CC(N)C1CC1. The summed E-state index contributed by atoms with van der Waals surface area (Å²) >= 11 is 0. The number of amides is 1. The molecule has 1 fully saturated rings. The summed E-state index contributed by atoms with van der Waals surface area (Å²) in [5, 5.41) is 10.4. The molecule has 0 saturated heterocycles. The van der Waals surface area contributed by atoms with Crippen molar-refractivity contribution in [3.8, 4) is 0 Å². The van der Waals surface area contributed by atoms with Gasteiger partial charge in [0.25, 0.3) is 0 Å². The van der Waals surface area contributed by atoms with Crippen LogP contribution in [0.25, 0.3) is 0 Å². The van der Waals surface area contributed by atoms with Crippen LogP contribution in [0.15, 0.2) is 6.33 Å². The molecule has 1 aliphatic carbocycles. The highest BCUT2D eigenvalue weighted by atomic mass is 16.1. The molecule has 2 rings (SSSR count). The number of nitrogens with two attached hydrogens (primary N) is 1. The minimum absolute atomic E-state index is 0.0117. The first-order valence-corrected chi connectivity index (χ1v) is 5.52. The van der Waals surface area contributed by atoms with Gasteiger partial charge in [-0.15, -0.1) is 10.2 Å². The van der Waals surface area contributed by atoms with Crippen LogP contribution in [0.5, 0.6) is 0 Å². The molecule has 0 bridgehead atoms. The number of nitrogens with zero attached hydrogens (tertiary/aromatic N) is 3. The fraction of sp³-hybridized carbons (Fsp3) is 0.700. The Morgan fingerprint density at radius 1 is 1.75 bits per heavy atom. The smallest absolute Gasteiger partial charge is 0.221 e. The molecule has 1 saturated carbocycles. The molecule has 0 radical (unpaired) electrons. The quantitative estimate of drug-likeness (QED) is 0.708. The van der Waals surface area contributed by atoms with Crippen molar-refractivity contribution < 1.29 is 4.79 Å². The predicted molar refractivity (Wildman–Crippen MR) is 58.2 cm³/mol. The van der Waals surface area contributed by atoms with Crippen molar-refractivity contribution in [2.45, 2.75) is 31.8 Å². The largest absolute Gasteiger partial charge is 0.349 e. The van der Waals surface area contributed by atoms with Crippen molar-refractivity contribution >= 4 is 5.91 Å². The van der Waals surface area contributed by atoms with Gasteiger partial charge in [0.1, 0.15) is 6.33 Å². The number of nitrogens with one attached hydrogen (secondary N) is 1. The number of aryl methyl sites for hydroxylation is 1. The average molecular weight is 223 g/mol. The normalized spacial score (nSPS) is 17.1. The Bertz CT molecular complexity index is 371. The van der Waals surface area contributed by atoms with E-state index in [4.69, 9.17) is 5.73 Å². The molecule has 1 atom stereocenters. The molecule has 3 N–H and O–H groups in total. The Balaban J connectivity index is 1.73. The maximum atomic E-state index is 11.5. The zero-order valence-corrected chi connectivity index (χ0v) is 9.39. The van der Waals surface area contributed by atoms with Crippen LogP contribution >= 0.6 is 0 Å². The van der Waals surface area contributed by atoms with Crippen LogP contribution in [0.3, 0.4) is 0 Å². The van der Waals surface area contributed by atoms with E-state index in [0.29, 0.717) is 18.9 Å². The summed E-state index contributed by atoms with van der Waals surface area (Å²) in [6.07, 6.45) is 4.34. The van der Waals surface area contributed by atoms with Crippen LogP contribution in [0.2, 0.25) is 0 Å². The molecule has 88 valence electrons. The molecule has 16 heavy (non-hydrogen) atoms. The summed E-state index contributed by atoms with van der Waals surface area (Å²) in [7, 11) is 1.84. The van der Waals surface area contributed by atoms with Gasteiger partial charge in [0.05, 0.1) is 6.54 Å². The molecule has 1 unspecified atom stereocenters. The molecule has 1 aromatic heterocycles. The van der Waals surface area contributed by atoms with Gasteiger partial charge >= 0.3 is 0 Å². The third kappa shape index (κ3) is 2.79. The minimum atomic E-state index is -0.0117. The third-order valence-corrected chi connectivity index (χ3v) is 2.90. The van der Waals surface area contributed by atoms with Crippen LogP contribution in [-0.2, 0) is 18.4 Å². The standard InChI is InChI=1S/C10H17N5O/c1-15-6-13-14-9(15)5-12-10(16)4-8(11)7-2-3-7/h6-8H,2-5,11H2,1H3,(H,12,16). The molecule has 6 nitrogen and oxygen atoms in total. The van der Waals surface area contributed by atoms with Gasteiger partial charge in [-0.05, 0) is 18.8 Å². The van der Waals surface area contributed by atoms with Crippen LogP contribution in [0, 0.1) is 5.92 Å². The lowest BCUT2D eigenvalue weighted by molar-refractivity contribution is -0.121. The lowest BCUT2D eigenvalue weighted by Crippen LogP contribution is -2.33. The van der Waals surface area contributed by atoms with Crippen molar-refractivity contribution in [3.05, 3.63) is 12.2 Å². The highest BCUT2D eigenvalue weighted by molar-refractivity contribution is 5.76. The lowest BCUT2D eigenvalue weighted by Gasteiger charge is -2.09. The highest BCUT2D eigenvalue weighted by Crippen LogP contribution is 2.32. The molecule has 0 spiro atoms. The van der Waals surface area contributed by atoms with Crippen LogP contribution in [-0.4, -0.2) is 26.7 Å². The second-order valence-corrected chi connectivity index (χ2v) is 4.34. The molecule has 1 aliphatic rings. The molecule has 0 aromatic carbocycles. The summed E-state index contributed by atoms with van der Waals surface area (Å²) in [5.41, 5.74) is 5.86. The van der Waals surface area contributed by atoms with Gasteiger partial charge in [0, 0.05) is 19.5 Å². The zero-order valence-electron chi connectivity index (χ0n) is 9.39. The number of hydrogen-bond acceptors (Lipinski definition) is 4. The Morgan fingerprint density at radius 2 is 2.50 bits per heavy atom. The Hall–Kier alpha value is -1.43. The molecule has 6 heteroatoms. The maximum absolute atomic E-state index is 11.5. The number of carbonyl (C=O) groups is 1. The molecule has 1 aromatic rings. The van der Waals surface area contributed by atoms with Crippen LogP contribution in [0.1, 0.15) is 25.1 Å². The minimum Gasteiger partial charge on any atom is -0.349 e. The molecular formula is C10H17N5O. The van der Waals surface area contributed by atoms with E-state index < -0.39 is 0 Å². The van der Waals surface area contributed by atoms with Gasteiger partial charge in [-0.25, -0.2) is 0 Å². The van der Waals surface area contributed by atoms with E-state index in [2.05, 4.69) is 15.5 Å². The summed E-state index contributed by atoms with van der Waals surface area (Å²) in [5.74, 6) is 1.29. The molecule has 1 amide bonds. The summed E-state index contributed by atoms with van der Waals surface area (Å²) in [6, 6.07) is 0.0134. The first kappa shape index (κ1) is 11.1. The second kappa shape index (κ2) is 4.61. The summed E-state index contributed by atoms with van der Waals surface area (Å²) in [4.78, 5) is 11.5. The van der Waals surface area contributed by atoms with Crippen LogP contribution < -0.4 is 11.1 Å². The number of aromatic nitrogens is 3. The van der Waals surface area contributed by atoms with Gasteiger partial charge in [0.15, 0.2) is 5.82 Å². The van der Waals surface area contributed by atoms with Gasteiger partial charge in [-0.1, -0.05) is 0 Å². The molecule has 1 heterocycles. The number of rotatable bonds is 5.